The first-order valence-corrected chi connectivity index (χ1v) is 9.80. The summed E-state index contributed by atoms with van der Waals surface area (Å²) in [7, 11) is 0. The maximum absolute atomic E-state index is 4.52. The third kappa shape index (κ3) is 1.80. The Morgan fingerprint density at radius 1 is 1.00 bits per heavy atom. The van der Waals surface area contributed by atoms with Crippen molar-refractivity contribution in [3.8, 4) is 0 Å². The largest absolute Gasteiger partial charge is 0.0993 e. The Balaban J connectivity index is 1.66. The fourth-order valence-electron chi connectivity index (χ4n) is 7.71. The third-order valence-electron chi connectivity index (χ3n) is 8.88. The van der Waals surface area contributed by atoms with Gasteiger partial charge in [-0.2, -0.15) is 0 Å². The molecule has 6 atom stereocenters. The van der Waals surface area contributed by atoms with Gasteiger partial charge in [-0.05, 0) is 92.3 Å². The Bertz CT molecular complexity index is 435. The Kier molecular flexibility index (Phi) is 3.32. The molecule has 0 heterocycles. The van der Waals surface area contributed by atoms with Gasteiger partial charge in [-0.25, -0.2) is 0 Å². The molecule has 0 N–H and O–H groups in total. The second kappa shape index (κ2) is 4.87. The standard InChI is InChI=1S/C21H34/c1-4-21-14-12-18-17(19(21)11-8-15(21)2)10-9-16-7-5-6-13-20(16,18)3/h16-19H,2,4-14H2,1,3H3. The normalized spacial score (nSPS) is 53.0. The highest BCUT2D eigenvalue weighted by molar-refractivity contribution is 5.22. The van der Waals surface area contributed by atoms with Gasteiger partial charge >= 0.3 is 0 Å². The summed E-state index contributed by atoms with van der Waals surface area (Å²) in [5, 5.41) is 0. The molecule has 21 heavy (non-hydrogen) atoms. The van der Waals surface area contributed by atoms with E-state index in [4.69, 9.17) is 0 Å². The number of hydrogen-bond donors (Lipinski definition) is 0. The molecule has 0 aromatic heterocycles. The van der Waals surface area contributed by atoms with Gasteiger partial charge in [-0.1, -0.05) is 38.8 Å². The molecule has 6 unspecified atom stereocenters. The van der Waals surface area contributed by atoms with Crippen molar-refractivity contribution in [3.05, 3.63) is 12.2 Å². The minimum Gasteiger partial charge on any atom is -0.0993 e. The van der Waals surface area contributed by atoms with Crippen molar-refractivity contribution in [3.63, 3.8) is 0 Å². The maximum atomic E-state index is 4.52. The van der Waals surface area contributed by atoms with E-state index in [-0.39, 0.29) is 0 Å². The first-order chi connectivity index (χ1) is 10.1. The van der Waals surface area contributed by atoms with Crippen molar-refractivity contribution in [1.82, 2.24) is 0 Å². The molecule has 0 spiro atoms. The molecule has 0 bridgehead atoms. The minimum absolute atomic E-state index is 0.555. The quantitative estimate of drug-likeness (QED) is 0.492. The average Bonchev–Trinajstić information content (AvgIpc) is 2.84. The first kappa shape index (κ1) is 14.3. The predicted molar refractivity (Wildman–Crippen MR) is 90.1 cm³/mol. The van der Waals surface area contributed by atoms with E-state index in [1.807, 2.05) is 0 Å². The van der Waals surface area contributed by atoms with Crippen molar-refractivity contribution in [2.75, 3.05) is 0 Å². The summed E-state index contributed by atoms with van der Waals surface area (Å²) in [5.74, 6) is 4.14. The van der Waals surface area contributed by atoms with Crippen LogP contribution in [-0.2, 0) is 0 Å². The SMILES string of the molecule is C=C1CCC2C3CCC4CCCCC4(C)C3CCC12CC. The van der Waals surface area contributed by atoms with Crippen molar-refractivity contribution in [2.45, 2.75) is 84.5 Å². The molecule has 0 saturated heterocycles. The van der Waals surface area contributed by atoms with Crippen LogP contribution in [0.3, 0.4) is 0 Å². The lowest BCUT2D eigenvalue weighted by molar-refractivity contribution is -0.101. The average molecular weight is 287 g/mol. The summed E-state index contributed by atoms with van der Waals surface area (Å²) in [6.07, 6.45) is 16.3. The Morgan fingerprint density at radius 3 is 2.67 bits per heavy atom. The molecule has 0 aliphatic heterocycles. The fraction of sp³-hybridized carbons (Fsp3) is 0.905. The molecule has 0 amide bonds. The monoisotopic (exact) mass is 286 g/mol. The van der Waals surface area contributed by atoms with Crippen LogP contribution in [0.2, 0.25) is 0 Å². The summed E-state index contributed by atoms with van der Waals surface area (Å²) >= 11 is 0. The summed E-state index contributed by atoms with van der Waals surface area (Å²) in [5.41, 5.74) is 2.88. The lowest BCUT2D eigenvalue weighted by Crippen LogP contribution is -2.52. The molecule has 4 aliphatic carbocycles. The van der Waals surface area contributed by atoms with Crippen LogP contribution in [0.15, 0.2) is 12.2 Å². The van der Waals surface area contributed by atoms with E-state index >= 15 is 0 Å². The maximum Gasteiger partial charge on any atom is -0.00622 e. The summed E-state index contributed by atoms with van der Waals surface area (Å²) in [6.45, 7) is 9.65. The molecule has 0 radical (unpaired) electrons. The molecular weight excluding hydrogens is 252 g/mol. The molecule has 0 aromatic rings. The third-order valence-corrected chi connectivity index (χ3v) is 8.88. The molecular formula is C21H34. The highest BCUT2D eigenvalue weighted by atomic mass is 14.6. The van der Waals surface area contributed by atoms with Crippen molar-refractivity contribution in [1.29, 1.82) is 0 Å². The highest BCUT2D eigenvalue weighted by Gasteiger charge is 2.58. The van der Waals surface area contributed by atoms with E-state index in [2.05, 4.69) is 20.4 Å². The molecule has 4 aliphatic rings. The first-order valence-electron chi connectivity index (χ1n) is 9.80. The zero-order valence-corrected chi connectivity index (χ0v) is 14.3. The molecule has 4 fully saturated rings. The van der Waals surface area contributed by atoms with Crippen LogP contribution in [0, 0.1) is 34.5 Å². The Morgan fingerprint density at radius 2 is 1.86 bits per heavy atom. The number of allylic oxidation sites excluding steroid dienone is 1. The molecule has 4 saturated carbocycles. The van der Waals surface area contributed by atoms with Crippen molar-refractivity contribution >= 4 is 0 Å². The van der Waals surface area contributed by atoms with E-state index in [9.17, 15) is 0 Å². The lowest BCUT2D eigenvalue weighted by Gasteiger charge is -2.60. The van der Waals surface area contributed by atoms with Crippen molar-refractivity contribution in [2.24, 2.45) is 34.5 Å². The van der Waals surface area contributed by atoms with E-state index in [0.29, 0.717) is 10.8 Å². The summed E-state index contributed by atoms with van der Waals surface area (Å²) < 4.78 is 0. The van der Waals surface area contributed by atoms with Gasteiger partial charge in [-0.3, -0.25) is 0 Å². The van der Waals surface area contributed by atoms with Gasteiger partial charge in [0.2, 0.25) is 0 Å². The van der Waals surface area contributed by atoms with Gasteiger partial charge in [0.25, 0.3) is 0 Å². The molecule has 4 rings (SSSR count). The summed E-state index contributed by atoms with van der Waals surface area (Å²) in [4.78, 5) is 0. The van der Waals surface area contributed by atoms with Gasteiger partial charge < -0.3 is 0 Å². The fourth-order valence-corrected chi connectivity index (χ4v) is 7.71. The van der Waals surface area contributed by atoms with E-state index in [1.165, 1.54) is 57.8 Å². The number of fused-ring (bicyclic) bond motifs is 5. The van der Waals surface area contributed by atoms with Gasteiger partial charge in [0.05, 0.1) is 0 Å². The van der Waals surface area contributed by atoms with Crippen LogP contribution in [-0.4, -0.2) is 0 Å². The summed E-state index contributed by atoms with van der Waals surface area (Å²) in [6, 6.07) is 0. The van der Waals surface area contributed by atoms with Crippen LogP contribution in [0.1, 0.15) is 84.5 Å². The van der Waals surface area contributed by atoms with Crippen LogP contribution < -0.4 is 0 Å². The van der Waals surface area contributed by atoms with Gasteiger partial charge in [-0.15, -0.1) is 0 Å². The van der Waals surface area contributed by atoms with E-state index in [0.717, 1.165) is 23.7 Å². The minimum atomic E-state index is 0.555. The second-order valence-corrected chi connectivity index (χ2v) is 9.09. The molecule has 0 nitrogen and oxygen atoms in total. The number of rotatable bonds is 1. The van der Waals surface area contributed by atoms with Gasteiger partial charge in [0.15, 0.2) is 0 Å². The lowest BCUT2D eigenvalue weighted by atomic mass is 9.44. The van der Waals surface area contributed by atoms with Crippen LogP contribution >= 0.6 is 0 Å². The second-order valence-electron chi connectivity index (χ2n) is 9.09. The van der Waals surface area contributed by atoms with Gasteiger partial charge in [0.1, 0.15) is 0 Å². The zero-order chi connectivity index (χ0) is 14.7. The smallest absolute Gasteiger partial charge is 0.00622 e. The van der Waals surface area contributed by atoms with Gasteiger partial charge in [0, 0.05) is 0 Å². The molecule has 0 heteroatoms. The predicted octanol–water partition coefficient (Wildman–Crippen LogP) is 6.37. The topological polar surface area (TPSA) is 0 Å². The molecule has 0 aromatic carbocycles. The Hall–Kier alpha value is -0.260. The Labute approximate surface area is 131 Å². The van der Waals surface area contributed by atoms with Crippen LogP contribution in [0.5, 0.6) is 0 Å². The van der Waals surface area contributed by atoms with Crippen LogP contribution in [0.4, 0.5) is 0 Å². The van der Waals surface area contributed by atoms with E-state index in [1.54, 1.807) is 18.4 Å². The zero-order valence-electron chi connectivity index (χ0n) is 14.3. The highest BCUT2D eigenvalue weighted by Crippen LogP contribution is 2.67. The molecule has 118 valence electrons. The van der Waals surface area contributed by atoms with Crippen molar-refractivity contribution < 1.29 is 0 Å². The number of hydrogen-bond acceptors (Lipinski definition) is 0. The van der Waals surface area contributed by atoms with E-state index < -0.39 is 0 Å². The van der Waals surface area contributed by atoms with Crippen LogP contribution in [0.25, 0.3) is 0 Å².